The average Bonchev–Trinajstić information content (AvgIpc) is 2.57. The summed E-state index contributed by atoms with van der Waals surface area (Å²) in [5, 5.41) is 2.69. The molecular formula is C17H21N3O3. The second-order valence-electron chi connectivity index (χ2n) is 4.36. The lowest BCUT2D eigenvalue weighted by molar-refractivity contribution is 0.0980. The molecule has 23 heavy (non-hydrogen) atoms. The van der Waals surface area contributed by atoms with Crippen LogP contribution in [-0.2, 0) is 0 Å². The molecule has 2 rings (SSSR count). The van der Waals surface area contributed by atoms with Gasteiger partial charge in [0.2, 0.25) is 5.88 Å². The number of anilines is 2. The molecule has 0 aliphatic carbocycles. The number of ketones is 1. The molecule has 0 bridgehead atoms. The molecule has 2 aromatic rings. The Morgan fingerprint density at radius 2 is 1.78 bits per heavy atom. The highest BCUT2D eigenvalue weighted by Crippen LogP contribution is 2.23. The summed E-state index contributed by atoms with van der Waals surface area (Å²) >= 11 is 0. The van der Waals surface area contributed by atoms with Crippen molar-refractivity contribution in [2.24, 2.45) is 0 Å². The van der Waals surface area contributed by atoms with Gasteiger partial charge in [-0.3, -0.25) is 9.59 Å². The van der Waals surface area contributed by atoms with Gasteiger partial charge in [-0.2, -0.15) is 0 Å². The fourth-order valence-electron chi connectivity index (χ4n) is 1.84. The molecule has 1 heterocycles. The maximum Gasteiger partial charge on any atom is 0.258 e. The summed E-state index contributed by atoms with van der Waals surface area (Å²) in [4.78, 5) is 28.0. The van der Waals surface area contributed by atoms with Crippen molar-refractivity contribution < 1.29 is 14.3 Å². The van der Waals surface area contributed by atoms with Crippen molar-refractivity contribution in [1.29, 1.82) is 0 Å². The Balaban J connectivity index is 0.00000127. The maximum atomic E-state index is 12.3. The number of methoxy groups -OCH3 is 1. The lowest BCUT2D eigenvalue weighted by Gasteiger charge is -2.11. The van der Waals surface area contributed by atoms with Gasteiger partial charge >= 0.3 is 0 Å². The van der Waals surface area contributed by atoms with E-state index >= 15 is 0 Å². The Morgan fingerprint density at radius 1 is 1.17 bits per heavy atom. The molecule has 0 spiro atoms. The lowest BCUT2D eigenvalue weighted by atomic mass is 10.1. The molecule has 0 saturated carbocycles. The topological polar surface area (TPSA) is 94.3 Å². The Hall–Kier alpha value is -2.89. The SMILES string of the molecule is CC.COc1nc(C(C)=O)c(C(=O)Nc2ccccc2)cc1N. The number of rotatable bonds is 4. The molecule has 1 aromatic heterocycles. The maximum absolute atomic E-state index is 12.3. The summed E-state index contributed by atoms with van der Waals surface area (Å²) < 4.78 is 4.97. The van der Waals surface area contributed by atoms with Gasteiger partial charge in [0.05, 0.1) is 18.4 Å². The minimum absolute atomic E-state index is 0.0227. The zero-order valence-corrected chi connectivity index (χ0v) is 13.7. The standard InChI is InChI=1S/C15H15N3O3.C2H6/c1-9(19)13-11(8-12(16)15(18-13)21-2)14(20)17-10-6-4-3-5-7-10;1-2/h3-8H,16H2,1-2H3,(H,17,20);1-2H3. The highest BCUT2D eigenvalue weighted by atomic mass is 16.5. The number of nitrogens with two attached hydrogens (primary N) is 1. The molecule has 6 heteroatoms. The van der Waals surface area contributed by atoms with Crippen molar-refractivity contribution in [2.75, 3.05) is 18.2 Å². The Bertz CT molecular complexity index is 685. The first-order chi connectivity index (χ1) is 11.0. The van der Waals surface area contributed by atoms with Crippen molar-refractivity contribution in [3.05, 3.63) is 47.7 Å². The van der Waals surface area contributed by atoms with Crippen molar-refractivity contribution in [3.63, 3.8) is 0 Å². The number of nitrogens with zero attached hydrogens (tertiary/aromatic N) is 1. The number of para-hydroxylation sites is 1. The van der Waals surface area contributed by atoms with E-state index in [-0.39, 0.29) is 28.6 Å². The van der Waals surface area contributed by atoms with Gasteiger partial charge in [0.1, 0.15) is 5.69 Å². The molecule has 0 radical (unpaired) electrons. The number of nitrogen functional groups attached to an aromatic ring is 1. The molecule has 122 valence electrons. The van der Waals surface area contributed by atoms with Gasteiger partial charge in [-0.1, -0.05) is 32.0 Å². The molecule has 6 nitrogen and oxygen atoms in total. The van der Waals surface area contributed by atoms with E-state index in [1.165, 1.54) is 20.1 Å². The van der Waals surface area contributed by atoms with Gasteiger partial charge in [-0.25, -0.2) is 4.98 Å². The van der Waals surface area contributed by atoms with Crippen molar-refractivity contribution >= 4 is 23.1 Å². The van der Waals surface area contributed by atoms with E-state index in [2.05, 4.69) is 10.3 Å². The van der Waals surface area contributed by atoms with Crippen LogP contribution in [-0.4, -0.2) is 23.8 Å². The van der Waals surface area contributed by atoms with Crippen LogP contribution in [0.15, 0.2) is 36.4 Å². The minimum atomic E-state index is -0.451. The normalized spacial score (nSPS) is 9.39. The molecule has 1 amide bonds. The van der Waals surface area contributed by atoms with Gasteiger partial charge < -0.3 is 15.8 Å². The van der Waals surface area contributed by atoms with Gasteiger partial charge in [-0.05, 0) is 18.2 Å². The van der Waals surface area contributed by atoms with Crippen LogP contribution in [0.4, 0.5) is 11.4 Å². The number of ether oxygens (including phenoxy) is 1. The van der Waals surface area contributed by atoms with E-state index in [1.54, 1.807) is 24.3 Å². The van der Waals surface area contributed by atoms with E-state index in [0.29, 0.717) is 5.69 Å². The monoisotopic (exact) mass is 315 g/mol. The summed E-state index contributed by atoms with van der Waals surface area (Å²) in [5.74, 6) is -0.670. The number of amides is 1. The Morgan fingerprint density at radius 3 is 2.30 bits per heavy atom. The summed E-state index contributed by atoms with van der Waals surface area (Å²) in [6, 6.07) is 10.3. The Kier molecular flexibility index (Phi) is 6.73. The largest absolute Gasteiger partial charge is 0.480 e. The smallest absolute Gasteiger partial charge is 0.258 e. The molecular weight excluding hydrogens is 294 g/mol. The minimum Gasteiger partial charge on any atom is -0.480 e. The van der Waals surface area contributed by atoms with Crippen LogP contribution >= 0.6 is 0 Å². The molecule has 0 aliphatic rings. The summed E-state index contributed by atoms with van der Waals surface area (Å²) in [6.45, 7) is 5.33. The van der Waals surface area contributed by atoms with Crippen LogP contribution in [0.25, 0.3) is 0 Å². The number of nitrogens with one attached hydrogen (secondary N) is 1. The molecule has 1 aromatic carbocycles. The first-order valence-corrected chi connectivity index (χ1v) is 7.24. The number of hydrogen-bond donors (Lipinski definition) is 2. The first kappa shape index (κ1) is 18.2. The van der Waals surface area contributed by atoms with E-state index in [4.69, 9.17) is 10.5 Å². The number of hydrogen-bond acceptors (Lipinski definition) is 5. The van der Waals surface area contributed by atoms with Crippen LogP contribution in [0.2, 0.25) is 0 Å². The number of pyridine rings is 1. The third-order valence-electron chi connectivity index (χ3n) is 2.82. The number of carbonyl (C=O) groups is 2. The van der Waals surface area contributed by atoms with Gasteiger partial charge in [-0.15, -0.1) is 0 Å². The lowest BCUT2D eigenvalue weighted by Crippen LogP contribution is -2.18. The van der Waals surface area contributed by atoms with Crippen LogP contribution in [0.3, 0.4) is 0 Å². The third kappa shape index (κ3) is 4.54. The second-order valence-corrected chi connectivity index (χ2v) is 4.36. The number of benzene rings is 1. The van der Waals surface area contributed by atoms with E-state index in [0.717, 1.165) is 0 Å². The zero-order chi connectivity index (χ0) is 17.4. The average molecular weight is 315 g/mol. The summed E-state index contributed by atoms with van der Waals surface area (Å²) in [6.07, 6.45) is 0. The van der Waals surface area contributed by atoms with Crippen molar-refractivity contribution in [3.8, 4) is 5.88 Å². The molecule has 0 saturated heterocycles. The van der Waals surface area contributed by atoms with Crippen molar-refractivity contribution in [1.82, 2.24) is 4.98 Å². The highest BCUT2D eigenvalue weighted by Gasteiger charge is 2.19. The van der Waals surface area contributed by atoms with E-state index in [1.807, 2.05) is 19.9 Å². The predicted molar refractivity (Wildman–Crippen MR) is 90.9 cm³/mol. The molecule has 0 unspecified atom stereocenters. The zero-order valence-electron chi connectivity index (χ0n) is 13.7. The van der Waals surface area contributed by atoms with Crippen LogP contribution in [0.1, 0.15) is 41.6 Å². The fraction of sp³-hybridized carbons (Fsp3) is 0.235. The molecule has 0 fully saturated rings. The quantitative estimate of drug-likeness (QED) is 0.845. The molecule has 0 atom stereocenters. The van der Waals surface area contributed by atoms with E-state index < -0.39 is 5.91 Å². The summed E-state index contributed by atoms with van der Waals surface area (Å²) in [7, 11) is 1.40. The summed E-state index contributed by atoms with van der Waals surface area (Å²) in [5.41, 5.74) is 6.70. The number of aromatic nitrogens is 1. The molecule has 3 N–H and O–H groups in total. The third-order valence-corrected chi connectivity index (χ3v) is 2.82. The fourth-order valence-corrected chi connectivity index (χ4v) is 1.84. The molecule has 0 aliphatic heterocycles. The van der Waals surface area contributed by atoms with Crippen molar-refractivity contribution in [2.45, 2.75) is 20.8 Å². The second kappa shape index (κ2) is 8.53. The predicted octanol–water partition coefficient (Wildman–Crippen LogP) is 3.15. The van der Waals surface area contributed by atoms with Gasteiger partial charge in [0, 0.05) is 12.6 Å². The number of Topliss-reactive ketones (excluding diaryl/α,β-unsaturated/α-hetero) is 1. The first-order valence-electron chi connectivity index (χ1n) is 7.24. The van der Waals surface area contributed by atoms with Crippen LogP contribution in [0.5, 0.6) is 5.88 Å². The Labute approximate surface area is 135 Å². The van der Waals surface area contributed by atoms with Gasteiger partial charge in [0.25, 0.3) is 5.91 Å². The highest BCUT2D eigenvalue weighted by molar-refractivity contribution is 6.11. The van der Waals surface area contributed by atoms with E-state index in [9.17, 15) is 9.59 Å². The number of carbonyl (C=O) groups excluding carboxylic acids is 2. The van der Waals surface area contributed by atoms with Crippen LogP contribution < -0.4 is 15.8 Å². The van der Waals surface area contributed by atoms with Crippen LogP contribution in [0, 0.1) is 0 Å². The van der Waals surface area contributed by atoms with Gasteiger partial charge in [0.15, 0.2) is 5.78 Å².